The molecule has 1 amide bonds. The highest BCUT2D eigenvalue weighted by molar-refractivity contribution is 9.10. The van der Waals surface area contributed by atoms with Gasteiger partial charge in [0.05, 0.1) is 0 Å². The van der Waals surface area contributed by atoms with Gasteiger partial charge in [0.1, 0.15) is 0 Å². The molecular formula is C16H21BrN2O. The van der Waals surface area contributed by atoms with Gasteiger partial charge >= 0.3 is 0 Å². The lowest BCUT2D eigenvalue weighted by Crippen LogP contribution is -2.49. The number of rotatable bonds is 2. The summed E-state index contributed by atoms with van der Waals surface area (Å²) in [5.41, 5.74) is 7.25. The highest BCUT2D eigenvalue weighted by Crippen LogP contribution is 2.49. The maximum absolute atomic E-state index is 12.6. The second-order valence-electron chi connectivity index (χ2n) is 6.17. The van der Waals surface area contributed by atoms with Crippen LogP contribution in [0.2, 0.25) is 0 Å². The van der Waals surface area contributed by atoms with Crippen molar-refractivity contribution < 1.29 is 4.79 Å². The zero-order chi connectivity index (χ0) is 14.3. The number of carbonyl (C=O) groups excluding carboxylic acids is 1. The molecule has 2 N–H and O–H groups in total. The Hall–Kier alpha value is -0.870. The van der Waals surface area contributed by atoms with E-state index in [1.165, 1.54) is 5.56 Å². The van der Waals surface area contributed by atoms with Gasteiger partial charge in [0.25, 0.3) is 0 Å². The van der Waals surface area contributed by atoms with E-state index in [2.05, 4.69) is 47.1 Å². The smallest absolute Gasteiger partial charge is 0.226 e. The van der Waals surface area contributed by atoms with Crippen molar-refractivity contribution in [1.29, 1.82) is 0 Å². The van der Waals surface area contributed by atoms with Crippen molar-refractivity contribution in [3.63, 3.8) is 0 Å². The quantitative estimate of drug-likeness (QED) is 0.902. The van der Waals surface area contributed by atoms with Crippen LogP contribution in [-0.2, 0) is 4.79 Å². The standard InChI is InChI=1S/C16H21BrN2O/c1-10-8-13(18)6-7-19(10)16(20)15-9-14(15)11-2-4-12(17)5-3-11/h2-5,10,13-15H,6-9,18H2,1H3. The zero-order valence-electron chi connectivity index (χ0n) is 11.8. The van der Waals surface area contributed by atoms with Crippen molar-refractivity contribution in [1.82, 2.24) is 4.90 Å². The number of nitrogens with zero attached hydrogens (tertiary/aromatic N) is 1. The number of hydrogen-bond acceptors (Lipinski definition) is 2. The minimum absolute atomic E-state index is 0.188. The van der Waals surface area contributed by atoms with Crippen LogP contribution in [0.15, 0.2) is 28.7 Å². The number of amides is 1. The molecule has 2 fully saturated rings. The second kappa shape index (κ2) is 5.49. The number of hydrogen-bond donors (Lipinski definition) is 1. The minimum Gasteiger partial charge on any atom is -0.340 e. The lowest BCUT2D eigenvalue weighted by molar-refractivity contribution is -0.136. The maximum atomic E-state index is 12.6. The Labute approximate surface area is 128 Å². The molecule has 0 radical (unpaired) electrons. The van der Waals surface area contributed by atoms with Crippen molar-refractivity contribution in [2.45, 2.75) is 44.2 Å². The van der Waals surface area contributed by atoms with E-state index in [4.69, 9.17) is 5.73 Å². The SMILES string of the molecule is CC1CC(N)CCN1C(=O)C1CC1c1ccc(Br)cc1. The predicted molar refractivity (Wildman–Crippen MR) is 83.4 cm³/mol. The van der Waals surface area contributed by atoms with Crippen LogP contribution in [0.5, 0.6) is 0 Å². The van der Waals surface area contributed by atoms with Crippen LogP contribution in [0.4, 0.5) is 0 Å². The van der Waals surface area contributed by atoms with E-state index in [1.807, 2.05) is 4.90 Å². The Morgan fingerprint density at radius 1 is 1.30 bits per heavy atom. The van der Waals surface area contributed by atoms with Crippen molar-refractivity contribution in [3.8, 4) is 0 Å². The Bertz CT molecular complexity index is 502. The van der Waals surface area contributed by atoms with Gasteiger partial charge in [-0.05, 0) is 49.8 Å². The Kier molecular flexibility index (Phi) is 3.87. The third-order valence-corrected chi connectivity index (χ3v) is 5.13. The summed E-state index contributed by atoms with van der Waals surface area (Å²) in [7, 11) is 0. The third-order valence-electron chi connectivity index (χ3n) is 4.61. The molecule has 4 unspecified atom stereocenters. The molecular weight excluding hydrogens is 316 g/mol. The van der Waals surface area contributed by atoms with Crippen LogP contribution in [0.1, 0.15) is 37.7 Å². The second-order valence-corrected chi connectivity index (χ2v) is 7.08. The summed E-state index contributed by atoms with van der Waals surface area (Å²) in [6.07, 6.45) is 2.86. The summed E-state index contributed by atoms with van der Waals surface area (Å²) in [5, 5.41) is 0. The first-order valence-corrected chi connectivity index (χ1v) is 8.17. The van der Waals surface area contributed by atoms with Crippen LogP contribution in [-0.4, -0.2) is 29.4 Å². The normalized spacial score (nSPS) is 33.0. The fourth-order valence-electron chi connectivity index (χ4n) is 3.30. The number of benzene rings is 1. The van der Waals surface area contributed by atoms with Gasteiger partial charge in [-0.2, -0.15) is 0 Å². The van der Waals surface area contributed by atoms with Gasteiger partial charge in [0, 0.05) is 29.0 Å². The number of carbonyl (C=O) groups is 1. The van der Waals surface area contributed by atoms with Crippen LogP contribution in [0.3, 0.4) is 0 Å². The molecule has 0 spiro atoms. The summed E-state index contributed by atoms with van der Waals surface area (Å²) in [5.74, 6) is 0.934. The molecule has 0 aromatic heterocycles. The van der Waals surface area contributed by atoms with Crippen LogP contribution < -0.4 is 5.73 Å². The molecule has 1 aromatic carbocycles. The molecule has 1 saturated carbocycles. The van der Waals surface area contributed by atoms with E-state index in [-0.39, 0.29) is 18.0 Å². The molecule has 4 heteroatoms. The molecule has 1 aromatic rings. The zero-order valence-corrected chi connectivity index (χ0v) is 13.3. The average Bonchev–Trinajstić information content (AvgIpc) is 3.19. The maximum Gasteiger partial charge on any atom is 0.226 e. The van der Waals surface area contributed by atoms with Crippen molar-refractivity contribution >= 4 is 21.8 Å². The summed E-state index contributed by atoms with van der Waals surface area (Å²) in [6.45, 7) is 2.94. The topological polar surface area (TPSA) is 46.3 Å². The first kappa shape index (κ1) is 14.1. The summed E-state index contributed by atoms with van der Waals surface area (Å²) < 4.78 is 1.09. The molecule has 1 aliphatic carbocycles. The van der Waals surface area contributed by atoms with Gasteiger partial charge in [-0.25, -0.2) is 0 Å². The minimum atomic E-state index is 0.188. The number of likely N-dealkylation sites (tertiary alicyclic amines) is 1. The fraction of sp³-hybridized carbons (Fsp3) is 0.562. The highest BCUT2D eigenvalue weighted by atomic mass is 79.9. The van der Waals surface area contributed by atoms with E-state index in [0.717, 1.165) is 30.3 Å². The molecule has 4 atom stereocenters. The van der Waals surface area contributed by atoms with Crippen LogP contribution in [0.25, 0.3) is 0 Å². The molecule has 1 heterocycles. The Balaban J connectivity index is 1.64. The Morgan fingerprint density at radius 3 is 2.65 bits per heavy atom. The van der Waals surface area contributed by atoms with E-state index in [1.54, 1.807) is 0 Å². The molecule has 1 aliphatic heterocycles. The molecule has 1 saturated heterocycles. The average molecular weight is 337 g/mol. The van der Waals surface area contributed by atoms with Crippen LogP contribution >= 0.6 is 15.9 Å². The van der Waals surface area contributed by atoms with E-state index >= 15 is 0 Å². The van der Waals surface area contributed by atoms with Gasteiger partial charge in [-0.3, -0.25) is 4.79 Å². The Morgan fingerprint density at radius 2 is 2.00 bits per heavy atom. The predicted octanol–water partition coefficient (Wildman–Crippen LogP) is 2.89. The molecule has 2 aliphatic rings. The molecule has 20 heavy (non-hydrogen) atoms. The summed E-state index contributed by atoms with van der Waals surface area (Å²) in [6, 6.07) is 8.90. The first-order valence-electron chi connectivity index (χ1n) is 7.38. The van der Waals surface area contributed by atoms with E-state index in [9.17, 15) is 4.79 Å². The van der Waals surface area contributed by atoms with Gasteiger partial charge in [0.15, 0.2) is 0 Å². The molecule has 3 nitrogen and oxygen atoms in total. The van der Waals surface area contributed by atoms with Gasteiger partial charge < -0.3 is 10.6 Å². The highest BCUT2D eigenvalue weighted by Gasteiger charge is 2.46. The van der Waals surface area contributed by atoms with Crippen LogP contribution in [0, 0.1) is 5.92 Å². The largest absolute Gasteiger partial charge is 0.340 e. The lowest BCUT2D eigenvalue weighted by Gasteiger charge is -2.36. The van der Waals surface area contributed by atoms with E-state index < -0.39 is 0 Å². The fourth-order valence-corrected chi connectivity index (χ4v) is 3.56. The lowest BCUT2D eigenvalue weighted by atomic mass is 9.98. The molecule has 3 rings (SSSR count). The third kappa shape index (κ3) is 2.77. The molecule has 108 valence electrons. The summed E-state index contributed by atoms with van der Waals surface area (Å²) >= 11 is 3.45. The number of nitrogens with two attached hydrogens (primary N) is 1. The van der Waals surface area contributed by atoms with Crippen molar-refractivity contribution in [3.05, 3.63) is 34.3 Å². The van der Waals surface area contributed by atoms with Crippen molar-refractivity contribution in [2.24, 2.45) is 11.7 Å². The van der Waals surface area contributed by atoms with Gasteiger partial charge in [-0.1, -0.05) is 28.1 Å². The van der Waals surface area contributed by atoms with Gasteiger partial charge in [0.2, 0.25) is 5.91 Å². The monoisotopic (exact) mass is 336 g/mol. The molecule has 0 bridgehead atoms. The van der Waals surface area contributed by atoms with Crippen molar-refractivity contribution in [2.75, 3.05) is 6.54 Å². The van der Waals surface area contributed by atoms with Gasteiger partial charge in [-0.15, -0.1) is 0 Å². The first-order chi connectivity index (χ1) is 9.56. The number of piperidine rings is 1. The number of halogens is 1. The summed E-state index contributed by atoms with van der Waals surface area (Å²) in [4.78, 5) is 14.7. The van der Waals surface area contributed by atoms with E-state index in [0.29, 0.717) is 11.8 Å².